The van der Waals surface area contributed by atoms with E-state index in [1.807, 2.05) is 44.2 Å². The third-order valence-electron chi connectivity index (χ3n) is 3.68. The fraction of sp³-hybridized carbons (Fsp3) is 0.350. The van der Waals surface area contributed by atoms with Crippen LogP contribution in [-0.2, 0) is 17.6 Å². The Balaban J connectivity index is 1.97. The van der Waals surface area contributed by atoms with Gasteiger partial charge in [-0.3, -0.25) is 4.79 Å². The molecule has 0 radical (unpaired) electrons. The van der Waals surface area contributed by atoms with Crippen LogP contribution in [-0.4, -0.2) is 12.6 Å². The van der Waals surface area contributed by atoms with Crippen molar-refractivity contribution in [3.63, 3.8) is 0 Å². The van der Waals surface area contributed by atoms with Gasteiger partial charge in [-0.25, -0.2) is 0 Å². The van der Waals surface area contributed by atoms with Crippen LogP contribution in [0.3, 0.4) is 0 Å². The molecule has 0 saturated heterocycles. The lowest BCUT2D eigenvalue weighted by atomic mass is 10.1. The molecule has 0 fully saturated rings. The lowest BCUT2D eigenvalue weighted by Gasteiger charge is -2.12. The summed E-state index contributed by atoms with van der Waals surface area (Å²) in [5.74, 6) is 0.893. The molecular weight excluding hydrogens is 288 g/mol. The van der Waals surface area contributed by atoms with Crippen LogP contribution in [0.1, 0.15) is 37.0 Å². The Morgan fingerprint density at radius 1 is 0.957 bits per heavy atom. The van der Waals surface area contributed by atoms with Gasteiger partial charge in [0.05, 0.1) is 6.61 Å². The molecule has 122 valence electrons. The van der Waals surface area contributed by atoms with Crippen molar-refractivity contribution in [3.8, 4) is 11.5 Å². The first-order valence-corrected chi connectivity index (χ1v) is 8.14. The topological polar surface area (TPSA) is 35.5 Å². The van der Waals surface area contributed by atoms with Crippen LogP contribution >= 0.6 is 0 Å². The van der Waals surface area contributed by atoms with Gasteiger partial charge in [0.1, 0.15) is 0 Å². The van der Waals surface area contributed by atoms with Gasteiger partial charge in [0.2, 0.25) is 0 Å². The summed E-state index contributed by atoms with van der Waals surface area (Å²) >= 11 is 0. The van der Waals surface area contributed by atoms with Crippen molar-refractivity contribution in [1.82, 2.24) is 0 Å². The molecule has 0 aromatic heterocycles. The first-order valence-electron chi connectivity index (χ1n) is 8.14. The third-order valence-corrected chi connectivity index (χ3v) is 3.68. The maximum absolute atomic E-state index is 12.1. The molecule has 0 N–H and O–H groups in total. The molecule has 0 amide bonds. The molecule has 0 aliphatic carbocycles. The minimum absolute atomic E-state index is 0.240. The maximum atomic E-state index is 12.1. The molecule has 0 heterocycles. The molecule has 0 saturated carbocycles. The standard InChI is InChI=1S/C20H24O3/c1-4-16-10-12-18(19(14-16)22-5-2)23-20(21)13-11-17-8-6-15(3)7-9-17/h6-10,12,14H,4-5,11,13H2,1-3H3. The van der Waals surface area contributed by atoms with E-state index >= 15 is 0 Å². The van der Waals surface area contributed by atoms with Gasteiger partial charge < -0.3 is 9.47 Å². The number of carbonyl (C=O) groups is 1. The van der Waals surface area contributed by atoms with Gasteiger partial charge in [-0.05, 0) is 49.9 Å². The maximum Gasteiger partial charge on any atom is 0.311 e. The van der Waals surface area contributed by atoms with Gasteiger partial charge in [0.25, 0.3) is 0 Å². The first kappa shape index (κ1) is 17.1. The van der Waals surface area contributed by atoms with E-state index in [1.165, 1.54) is 5.56 Å². The number of hydrogen-bond acceptors (Lipinski definition) is 3. The number of hydrogen-bond donors (Lipinski definition) is 0. The molecule has 0 aliphatic heterocycles. The Labute approximate surface area is 138 Å². The molecule has 3 heteroatoms. The number of esters is 1. The van der Waals surface area contributed by atoms with Crippen LogP contribution in [0, 0.1) is 6.92 Å². The highest BCUT2D eigenvalue weighted by Crippen LogP contribution is 2.29. The van der Waals surface area contributed by atoms with Crippen LogP contribution in [0.25, 0.3) is 0 Å². The number of rotatable bonds is 7. The van der Waals surface area contributed by atoms with Crippen molar-refractivity contribution >= 4 is 5.97 Å². The zero-order valence-corrected chi connectivity index (χ0v) is 14.1. The zero-order chi connectivity index (χ0) is 16.7. The molecular formula is C20H24O3. The van der Waals surface area contributed by atoms with Crippen molar-refractivity contribution in [1.29, 1.82) is 0 Å². The molecule has 0 atom stereocenters. The molecule has 23 heavy (non-hydrogen) atoms. The van der Waals surface area contributed by atoms with Crippen LogP contribution < -0.4 is 9.47 Å². The molecule has 0 unspecified atom stereocenters. The number of ether oxygens (including phenoxy) is 2. The molecule has 0 spiro atoms. The van der Waals surface area contributed by atoms with E-state index in [2.05, 4.69) is 19.1 Å². The number of carbonyl (C=O) groups excluding carboxylic acids is 1. The van der Waals surface area contributed by atoms with Crippen molar-refractivity contribution in [2.45, 2.75) is 40.0 Å². The summed E-state index contributed by atoms with van der Waals surface area (Å²) < 4.78 is 11.1. The molecule has 0 aliphatic rings. The Hall–Kier alpha value is -2.29. The number of benzene rings is 2. The van der Waals surface area contributed by atoms with Crippen LogP contribution in [0.2, 0.25) is 0 Å². The van der Waals surface area contributed by atoms with Gasteiger partial charge >= 0.3 is 5.97 Å². The largest absolute Gasteiger partial charge is 0.490 e. The van der Waals surface area contributed by atoms with E-state index in [4.69, 9.17) is 9.47 Å². The monoisotopic (exact) mass is 312 g/mol. The minimum Gasteiger partial charge on any atom is -0.490 e. The van der Waals surface area contributed by atoms with E-state index < -0.39 is 0 Å². The molecule has 0 bridgehead atoms. The highest BCUT2D eigenvalue weighted by Gasteiger charge is 2.11. The molecule has 2 aromatic rings. The van der Waals surface area contributed by atoms with Gasteiger partial charge in [-0.15, -0.1) is 0 Å². The fourth-order valence-electron chi connectivity index (χ4n) is 2.30. The molecule has 3 nitrogen and oxygen atoms in total. The highest BCUT2D eigenvalue weighted by atomic mass is 16.6. The van der Waals surface area contributed by atoms with Crippen LogP contribution in [0.5, 0.6) is 11.5 Å². The second-order valence-electron chi connectivity index (χ2n) is 5.53. The van der Waals surface area contributed by atoms with Crippen molar-refractivity contribution in [2.24, 2.45) is 0 Å². The van der Waals surface area contributed by atoms with Crippen molar-refractivity contribution < 1.29 is 14.3 Å². The Bertz CT molecular complexity index is 644. The second-order valence-corrected chi connectivity index (χ2v) is 5.53. The number of aryl methyl sites for hydroxylation is 3. The Kier molecular flexibility index (Phi) is 6.21. The minimum atomic E-state index is -0.240. The predicted molar refractivity (Wildman–Crippen MR) is 92.1 cm³/mol. The SMILES string of the molecule is CCOc1cc(CC)ccc1OC(=O)CCc1ccc(C)cc1. The van der Waals surface area contributed by atoms with Crippen LogP contribution in [0.4, 0.5) is 0 Å². The normalized spacial score (nSPS) is 10.4. The lowest BCUT2D eigenvalue weighted by molar-refractivity contribution is -0.134. The summed E-state index contributed by atoms with van der Waals surface area (Å²) in [6.45, 7) is 6.59. The third kappa shape index (κ3) is 5.13. The summed E-state index contributed by atoms with van der Waals surface area (Å²) in [7, 11) is 0. The average molecular weight is 312 g/mol. The van der Waals surface area contributed by atoms with E-state index in [0.717, 1.165) is 17.5 Å². The second kappa shape index (κ2) is 8.37. The van der Waals surface area contributed by atoms with Gasteiger partial charge in [0.15, 0.2) is 11.5 Å². The summed E-state index contributed by atoms with van der Waals surface area (Å²) in [6, 6.07) is 13.9. The fourth-order valence-corrected chi connectivity index (χ4v) is 2.30. The van der Waals surface area contributed by atoms with Gasteiger partial charge in [-0.1, -0.05) is 42.8 Å². The van der Waals surface area contributed by atoms with E-state index in [9.17, 15) is 4.79 Å². The van der Waals surface area contributed by atoms with E-state index in [-0.39, 0.29) is 5.97 Å². The van der Waals surface area contributed by atoms with Crippen molar-refractivity contribution in [3.05, 3.63) is 59.2 Å². The molecule has 2 rings (SSSR count). The quantitative estimate of drug-likeness (QED) is 0.558. The van der Waals surface area contributed by atoms with Gasteiger partial charge in [-0.2, -0.15) is 0 Å². The molecule has 2 aromatic carbocycles. The smallest absolute Gasteiger partial charge is 0.311 e. The lowest BCUT2D eigenvalue weighted by Crippen LogP contribution is -2.10. The highest BCUT2D eigenvalue weighted by molar-refractivity contribution is 5.73. The summed E-state index contributed by atoms with van der Waals surface area (Å²) in [5, 5.41) is 0. The van der Waals surface area contributed by atoms with E-state index in [0.29, 0.717) is 30.9 Å². The predicted octanol–water partition coefficient (Wildman–Crippen LogP) is 4.49. The van der Waals surface area contributed by atoms with Crippen LogP contribution in [0.15, 0.2) is 42.5 Å². The Morgan fingerprint density at radius 2 is 1.65 bits per heavy atom. The first-order chi connectivity index (χ1) is 11.1. The summed E-state index contributed by atoms with van der Waals surface area (Å²) in [6.07, 6.45) is 1.95. The summed E-state index contributed by atoms with van der Waals surface area (Å²) in [4.78, 5) is 12.1. The average Bonchev–Trinajstić information content (AvgIpc) is 2.56. The van der Waals surface area contributed by atoms with Gasteiger partial charge in [0, 0.05) is 6.42 Å². The van der Waals surface area contributed by atoms with Crippen molar-refractivity contribution in [2.75, 3.05) is 6.61 Å². The van der Waals surface area contributed by atoms with E-state index in [1.54, 1.807) is 0 Å². The summed E-state index contributed by atoms with van der Waals surface area (Å²) in [5.41, 5.74) is 3.51. The zero-order valence-electron chi connectivity index (χ0n) is 14.1. The Morgan fingerprint density at radius 3 is 2.30 bits per heavy atom.